The molecule has 25 heavy (non-hydrogen) atoms. The van der Waals surface area contributed by atoms with Gasteiger partial charge >= 0.3 is 0 Å². The van der Waals surface area contributed by atoms with Crippen LogP contribution in [0.3, 0.4) is 0 Å². The Bertz CT molecular complexity index is 796. The molecular formula is C21H24N2O2. The van der Waals surface area contributed by atoms with Gasteiger partial charge in [0.25, 0.3) is 0 Å². The number of fused-ring (bicyclic) bond motifs is 1. The number of hydrogen-bond donors (Lipinski definition) is 1. The van der Waals surface area contributed by atoms with Gasteiger partial charge in [0.05, 0.1) is 12.2 Å². The Labute approximate surface area is 148 Å². The van der Waals surface area contributed by atoms with Crippen molar-refractivity contribution in [1.29, 1.82) is 0 Å². The van der Waals surface area contributed by atoms with Crippen LogP contribution < -0.4 is 10.1 Å². The maximum absolute atomic E-state index is 11.8. The molecule has 0 saturated heterocycles. The zero-order chi connectivity index (χ0) is 17.8. The van der Waals surface area contributed by atoms with Crippen LogP contribution in [-0.4, -0.2) is 23.5 Å². The lowest BCUT2D eigenvalue weighted by Crippen LogP contribution is -2.33. The van der Waals surface area contributed by atoms with Crippen LogP contribution in [0.15, 0.2) is 48.7 Å². The number of carbonyl (C=O) groups is 1. The first-order valence-electron chi connectivity index (χ1n) is 8.71. The molecule has 2 heterocycles. The van der Waals surface area contributed by atoms with E-state index in [-0.39, 0.29) is 12.0 Å². The molecule has 4 heteroatoms. The van der Waals surface area contributed by atoms with E-state index in [0.29, 0.717) is 12.5 Å². The topological polar surface area (TPSA) is 51.2 Å². The van der Waals surface area contributed by atoms with E-state index in [1.54, 1.807) is 12.3 Å². The van der Waals surface area contributed by atoms with E-state index in [0.717, 1.165) is 29.0 Å². The number of nitrogens with zero attached hydrogens (tertiary/aromatic N) is 1. The van der Waals surface area contributed by atoms with Crippen LogP contribution in [0.1, 0.15) is 25.0 Å². The molecule has 1 aromatic carbocycles. The minimum atomic E-state index is -0.0750. The molecule has 3 rings (SSSR count). The van der Waals surface area contributed by atoms with Gasteiger partial charge in [-0.1, -0.05) is 38.1 Å². The number of carbonyl (C=O) groups excluding carboxylic acids is 1. The Morgan fingerprint density at radius 3 is 2.96 bits per heavy atom. The summed E-state index contributed by atoms with van der Waals surface area (Å²) in [5.74, 6) is 1.18. The van der Waals surface area contributed by atoms with Gasteiger partial charge in [0.2, 0.25) is 5.91 Å². The molecule has 1 N–H and O–H groups in total. The Morgan fingerprint density at radius 2 is 2.20 bits per heavy atom. The van der Waals surface area contributed by atoms with Crippen molar-refractivity contribution in [3.8, 4) is 17.0 Å². The zero-order valence-electron chi connectivity index (χ0n) is 15.0. The van der Waals surface area contributed by atoms with Crippen LogP contribution in [-0.2, 0) is 11.2 Å². The van der Waals surface area contributed by atoms with Crippen molar-refractivity contribution in [2.45, 2.75) is 33.3 Å². The second kappa shape index (κ2) is 7.51. The predicted molar refractivity (Wildman–Crippen MR) is 99.5 cm³/mol. The van der Waals surface area contributed by atoms with E-state index >= 15 is 0 Å². The molecule has 1 aliphatic rings. The van der Waals surface area contributed by atoms with Gasteiger partial charge < -0.3 is 10.1 Å². The van der Waals surface area contributed by atoms with E-state index < -0.39 is 0 Å². The van der Waals surface area contributed by atoms with Crippen molar-refractivity contribution in [3.05, 3.63) is 59.8 Å². The van der Waals surface area contributed by atoms with E-state index in [4.69, 9.17) is 4.74 Å². The highest BCUT2D eigenvalue weighted by Gasteiger charge is 2.26. The van der Waals surface area contributed by atoms with Gasteiger partial charge in [-0.2, -0.15) is 0 Å². The lowest BCUT2D eigenvalue weighted by molar-refractivity contribution is -0.116. The Morgan fingerprint density at radius 1 is 1.36 bits per heavy atom. The highest BCUT2D eigenvalue weighted by molar-refractivity contribution is 5.87. The second-order valence-corrected chi connectivity index (χ2v) is 6.75. The highest BCUT2D eigenvalue weighted by atomic mass is 16.5. The van der Waals surface area contributed by atoms with Gasteiger partial charge in [-0.25, -0.2) is 0 Å². The van der Waals surface area contributed by atoms with Crippen LogP contribution in [0.2, 0.25) is 0 Å². The van der Waals surface area contributed by atoms with Gasteiger partial charge in [-0.3, -0.25) is 9.78 Å². The number of ether oxygens (including phenoxy) is 1. The van der Waals surface area contributed by atoms with Gasteiger partial charge in [0, 0.05) is 18.2 Å². The molecule has 0 radical (unpaired) electrons. The van der Waals surface area contributed by atoms with Crippen molar-refractivity contribution in [1.82, 2.24) is 10.3 Å². The minimum Gasteiger partial charge on any atom is -0.487 e. The minimum absolute atomic E-state index is 0.0448. The SMILES string of the molecule is Cc1cccnc1-c1cccc2c1OC(CNC(=O)/C=C/C(C)C)C2. The number of pyridine rings is 1. The van der Waals surface area contributed by atoms with Crippen LogP contribution in [0.25, 0.3) is 11.3 Å². The maximum atomic E-state index is 11.8. The molecule has 0 fully saturated rings. The molecule has 0 spiro atoms. The van der Waals surface area contributed by atoms with Crippen molar-refractivity contribution >= 4 is 5.91 Å². The molecule has 130 valence electrons. The average molecular weight is 336 g/mol. The number of nitrogens with one attached hydrogen (secondary N) is 1. The summed E-state index contributed by atoms with van der Waals surface area (Å²) in [7, 11) is 0. The molecule has 1 amide bonds. The lowest BCUT2D eigenvalue weighted by atomic mass is 10.0. The third-order valence-electron chi connectivity index (χ3n) is 4.23. The van der Waals surface area contributed by atoms with Crippen molar-refractivity contribution in [3.63, 3.8) is 0 Å². The first kappa shape index (κ1) is 17.2. The monoisotopic (exact) mass is 336 g/mol. The largest absolute Gasteiger partial charge is 0.487 e. The van der Waals surface area contributed by atoms with Crippen LogP contribution in [0.4, 0.5) is 0 Å². The quantitative estimate of drug-likeness (QED) is 0.847. The number of aromatic nitrogens is 1. The van der Waals surface area contributed by atoms with Gasteiger partial charge in [0.15, 0.2) is 0 Å². The third kappa shape index (κ3) is 4.08. The maximum Gasteiger partial charge on any atom is 0.243 e. The van der Waals surface area contributed by atoms with E-state index in [2.05, 4.69) is 29.4 Å². The molecule has 4 nitrogen and oxygen atoms in total. The number of para-hydroxylation sites is 1. The number of aryl methyl sites for hydroxylation is 1. The normalized spacial score (nSPS) is 16.1. The summed E-state index contributed by atoms with van der Waals surface area (Å²) in [6, 6.07) is 10.2. The summed E-state index contributed by atoms with van der Waals surface area (Å²) in [6.45, 7) is 6.63. The Balaban J connectivity index is 1.70. The number of allylic oxidation sites excluding steroid dienone is 1. The molecule has 1 atom stereocenters. The first-order chi connectivity index (χ1) is 12.0. The van der Waals surface area contributed by atoms with Crippen molar-refractivity contribution in [2.24, 2.45) is 5.92 Å². The number of benzene rings is 1. The number of amides is 1. The summed E-state index contributed by atoms with van der Waals surface area (Å²) in [4.78, 5) is 16.4. The summed E-state index contributed by atoms with van der Waals surface area (Å²) in [6.07, 6.45) is 6.03. The smallest absolute Gasteiger partial charge is 0.243 e. The fourth-order valence-electron chi connectivity index (χ4n) is 2.96. The standard InChI is InChI=1S/C21H24N2O2/c1-14(2)9-10-19(24)23-13-17-12-16-7-4-8-18(21(16)25-17)20-15(3)6-5-11-22-20/h4-11,14,17H,12-13H2,1-3H3,(H,23,24)/b10-9+. The van der Waals surface area contributed by atoms with E-state index in [1.807, 2.05) is 38.1 Å². The second-order valence-electron chi connectivity index (χ2n) is 6.75. The van der Waals surface area contributed by atoms with Gasteiger partial charge in [-0.05, 0) is 42.2 Å². The molecule has 0 saturated carbocycles. The van der Waals surface area contributed by atoms with Gasteiger partial charge in [-0.15, -0.1) is 0 Å². The summed E-state index contributed by atoms with van der Waals surface area (Å²) < 4.78 is 6.14. The fraction of sp³-hybridized carbons (Fsp3) is 0.333. The summed E-state index contributed by atoms with van der Waals surface area (Å²) in [5.41, 5.74) is 4.25. The van der Waals surface area contributed by atoms with E-state index in [1.165, 1.54) is 5.56 Å². The molecule has 0 bridgehead atoms. The molecule has 0 aliphatic carbocycles. The Kier molecular flexibility index (Phi) is 5.17. The van der Waals surface area contributed by atoms with Crippen molar-refractivity contribution in [2.75, 3.05) is 6.54 Å². The Hall–Kier alpha value is -2.62. The molecule has 1 unspecified atom stereocenters. The van der Waals surface area contributed by atoms with Gasteiger partial charge in [0.1, 0.15) is 11.9 Å². The number of rotatable bonds is 5. The van der Waals surface area contributed by atoms with Crippen molar-refractivity contribution < 1.29 is 9.53 Å². The third-order valence-corrected chi connectivity index (χ3v) is 4.23. The molecule has 2 aromatic rings. The fourth-order valence-corrected chi connectivity index (χ4v) is 2.96. The molecular weight excluding hydrogens is 312 g/mol. The van der Waals surface area contributed by atoms with E-state index in [9.17, 15) is 4.79 Å². The lowest BCUT2D eigenvalue weighted by Gasteiger charge is -2.13. The summed E-state index contributed by atoms with van der Waals surface area (Å²) in [5, 5.41) is 2.92. The summed E-state index contributed by atoms with van der Waals surface area (Å²) >= 11 is 0. The number of hydrogen-bond acceptors (Lipinski definition) is 3. The van der Waals surface area contributed by atoms with Crippen LogP contribution in [0.5, 0.6) is 5.75 Å². The van der Waals surface area contributed by atoms with Crippen LogP contribution >= 0.6 is 0 Å². The van der Waals surface area contributed by atoms with Crippen LogP contribution in [0, 0.1) is 12.8 Å². The highest BCUT2D eigenvalue weighted by Crippen LogP contribution is 2.38. The molecule has 1 aromatic heterocycles. The predicted octanol–water partition coefficient (Wildman–Crippen LogP) is 3.69. The first-order valence-corrected chi connectivity index (χ1v) is 8.71. The zero-order valence-corrected chi connectivity index (χ0v) is 15.0. The average Bonchev–Trinajstić information content (AvgIpc) is 3.02. The molecule has 1 aliphatic heterocycles.